The Hall–Kier alpha value is -1.69. The van der Waals surface area contributed by atoms with Crippen molar-refractivity contribution in [3.05, 3.63) is 52.2 Å². The lowest BCUT2D eigenvalue weighted by Gasteiger charge is -2.27. The second-order valence-electron chi connectivity index (χ2n) is 4.78. The van der Waals surface area contributed by atoms with Crippen molar-refractivity contribution in [3.8, 4) is 0 Å². The summed E-state index contributed by atoms with van der Waals surface area (Å²) in [5.41, 5.74) is 3.46. The quantitative estimate of drug-likeness (QED) is 0.510. The summed E-state index contributed by atoms with van der Waals surface area (Å²) in [5, 5.41) is 0.339. The number of rotatable bonds is 1. The summed E-state index contributed by atoms with van der Waals surface area (Å²) >= 11 is 12.0. The number of hydrogen-bond donors (Lipinski definition) is 0. The summed E-state index contributed by atoms with van der Waals surface area (Å²) in [6.45, 7) is 0.647. The van der Waals surface area contributed by atoms with Gasteiger partial charge in [-0.25, -0.2) is 9.97 Å². The first-order valence-electron chi connectivity index (χ1n) is 6.49. The van der Waals surface area contributed by atoms with E-state index in [1.807, 2.05) is 16.7 Å². The molecule has 0 saturated heterocycles. The smallest absolute Gasteiger partial charge is 0.225 e. The van der Waals surface area contributed by atoms with Gasteiger partial charge in [-0.1, -0.05) is 35.9 Å². The van der Waals surface area contributed by atoms with E-state index in [0.717, 1.165) is 12.0 Å². The molecule has 106 valence electrons. The van der Waals surface area contributed by atoms with Crippen molar-refractivity contribution in [1.82, 2.24) is 19.5 Å². The maximum Gasteiger partial charge on any atom is 0.225 e. The number of imidazole rings is 1. The van der Waals surface area contributed by atoms with Crippen LogP contribution < -0.4 is 0 Å². The fourth-order valence-corrected chi connectivity index (χ4v) is 3.05. The van der Waals surface area contributed by atoms with Gasteiger partial charge in [0.2, 0.25) is 5.28 Å². The molecule has 3 heterocycles. The number of benzene rings is 1. The average Bonchev–Trinajstić information content (AvgIpc) is 2.90. The van der Waals surface area contributed by atoms with Gasteiger partial charge in [-0.05, 0) is 23.6 Å². The normalized spacial score (nSPS) is 17.9. The zero-order valence-electron chi connectivity index (χ0n) is 10.8. The molecule has 1 unspecified atom stereocenters. The Morgan fingerprint density at radius 2 is 2.05 bits per heavy atom. The number of ether oxygens (including phenoxy) is 1. The van der Waals surface area contributed by atoms with Gasteiger partial charge < -0.3 is 4.74 Å². The average molecular weight is 321 g/mol. The fourth-order valence-electron chi connectivity index (χ4n) is 2.63. The zero-order chi connectivity index (χ0) is 14.4. The molecular weight excluding hydrogens is 311 g/mol. The predicted molar refractivity (Wildman–Crippen MR) is 79.6 cm³/mol. The highest BCUT2D eigenvalue weighted by Crippen LogP contribution is 2.31. The molecule has 0 saturated carbocycles. The first-order valence-corrected chi connectivity index (χ1v) is 7.24. The van der Waals surface area contributed by atoms with Gasteiger partial charge in [-0.15, -0.1) is 0 Å². The maximum absolute atomic E-state index is 6.06. The summed E-state index contributed by atoms with van der Waals surface area (Å²) in [5.74, 6) is 0. The van der Waals surface area contributed by atoms with Crippen molar-refractivity contribution in [2.45, 2.75) is 12.6 Å². The Kier molecular flexibility index (Phi) is 3.06. The van der Waals surface area contributed by atoms with Crippen LogP contribution in [0.15, 0.2) is 30.6 Å². The molecule has 3 aromatic rings. The van der Waals surface area contributed by atoms with Crippen molar-refractivity contribution < 1.29 is 4.74 Å². The Balaban J connectivity index is 1.92. The molecule has 0 fully saturated rings. The van der Waals surface area contributed by atoms with E-state index in [4.69, 9.17) is 27.9 Å². The van der Waals surface area contributed by atoms with E-state index in [2.05, 4.69) is 27.1 Å². The third-order valence-corrected chi connectivity index (χ3v) is 4.01. The monoisotopic (exact) mass is 320 g/mol. The van der Waals surface area contributed by atoms with Crippen LogP contribution in [0.5, 0.6) is 0 Å². The molecule has 4 rings (SSSR count). The molecule has 1 aliphatic heterocycles. The van der Waals surface area contributed by atoms with Gasteiger partial charge in [0.15, 0.2) is 17.0 Å². The summed E-state index contributed by atoms with van der Waals surface area (Å²) < 4.78 is 7.75. The van der Waals surface area contributed by atoms with Crippen molar-refractivity contribution in [2.75, 3.05) is 6.61 Å². The van der Waals surface area contributed by atoms with Gasteiger partial charge in [0, 0.05) is 5.56 Å². The van der Waals surface area contributed by atoms with E-state index < -0.39 is 0 Å². The van der Waals surface area contributed by atoms with E-state index in [9.17, 15) is 0 Å². The topological polar surface area (TPSA) is 52.8 Å². The number of aromatic nitrogens is 4. The van der Waals surface area contributed by atoms with E-state index in [0.29, 0.717) is 17.8 Å². The minimum atomic E-state index is -0.276. The summed E-state index contributed by atoms with van der Waals surface area (Å²) in [6.07, 6.45) is 2.28. The van der Waals surface area contributed by atoms with Crippen LogP contribution in [0.2, 0.25) is 10.4 Å². The summed E-state index contributed by atoms with van der Waals surface area (Å²) in [7, 11) is 0. The SMILES string of the molecule is Clc1nc(Cl)c2ncn(C3OCCc4ccccc43)c2n1. The third kappa shape index (κ3) is 2.09. The van der Waals surface area contributed by atoms with Crippen LogP contribution in [0, 0.1) is 0 Å². The van der Waals surface area contributed by atoms with Crippen molar-refractivity contribution in [3.63, 3.8) is 0 Å². The molecule has 5 nitrogen and oxygen atoms in total. The molecular formula is C14H10Cl2N4O. The lowest BCUT2D eigenvalue weighted by Crippen LogP contribution is -2.22. The van der Waals surface area contributed by atoms with E-state index >= 15 is 0 Å². The molecule has 1 aliphatic rings. The molecule has 0 radical (unpaired) electrons. The standard InChI is InChI=1S/C14H10Cl2N4O/c15-11-10-12(19-14(16)18-11)20(7-17-10)13-9-4-2-1-3-8(9)5-6-21-13/h1-4,7,13H,5-6H2. The van der Waals surface area contributed by atoms with Crippen molar-refractivity contribution >= 4 is 34.4 Å². The highest BCUT2D eigenvalue weighted by molar-refractivity contribution is 6.35. The molecule has 21 heavy (non-hydrogen) atoms. The molecule has 0 spiro atoms. The Morgan fingerprint density at radius 3 is 2.95 bits per heavy atom. The van der Waals surface area contributed by atoms with E-state index in [-0.39, 0.29) is 16.7 Å². The Bertz CT molecular complexity index is 833. The summed E-state index contributed by atoms with van der Waals surface area (Å²) in [4.78, 5) is 12.4. The first kappa shape index (κ1) is 13.0. The second-order valence-corrected chi connectivity index (χ2v) is 5.48. The summed E-state index contributed by atoms with van der Waals surface area (Å²) in [6, 6.07) is 8.19. The largest absolute Gasteiger partial charge is 0.353 e. The van der Waals surface area contributed by atoms with Crippen LogP contribution in [0.4, 0.5) is 0 Å². The van der Waals surface area contributed by atoms with Crippen LogP contribution in [0.25, 0.3) is 11.2 Å². The van der Waals surface area contributed by atoms with Gasteiger partial charge in [-0.2, -0.15) is 4.98 Å². The van der Waals surface area contributed by atoms with Crippen LogP contribution in [-0.4, -0.2) is 26.1 Å². The molecule has 0 amide bonds. The number of hydrogen-bond acceptors (Lipinski definition) is 4. The second kappa shape index (κ2) is 4.94. The lowest BCUT2D eigenvalue weighted by atomic mass is 10.0. The van der Waals surface area contributed by atoms with E-state index in [1.54, 1.807) is 6.33 Å². The minimum Gasteiger partial charge on any atom is -0.353 e. The molecule has 1 aromatic carbocycles. The number of nitrogens with zero attached hydrogens (tertiary/aromatic N) is 4. The minimum absolute atomic E-state index is 0.0957. The van der Waals surface area contributed by atoms with Crippen LogP contribution in [-0.2, 0) is 11.2 Å². The lowest BCUT2D eigenvalue weighted by molar-refractivity contribution is 0.0244. The molecule has 0 N–H and O–H groups in total. The van der Waals surface area contributed by atoms with Gasteiger partial charge >= 0.3 is 0 Å². The zero-order valence-corrected chi connectivity index (χ0v) is 12.3. The van der Waals surface area contributed by atoms with Crippen LogP contribution in [0.1, 0.15) is 17.4 Å². The van der Waals surface area contributed by atoms with Gasteiger partial charge in [-0.3, -0.25) is 4.57 Å². The number of halogens is 2. The van der Waals surface area contributed by atoms with E-state index in [1.165, 1.54) is 5.56 Å². The first-order chi connectivity index (χ1) is 10.2. The fraction of sp³-hybridized carbons (Fsp3) is 0.214. The molecule has 0 aliphatic carbocycles. The highest BCUT2D eigenvalue weighted by atomic mass is 35.5. The highest BCUT2D eigenvalue weighted by Gasteiger charge is 2.25. The van der Waals surface area contributed by atoms with Crippen LogP contribution >= 0.6 is 23.2 Å². The number of fused-ring (bicyclic) bond motifs is 2. The molecule has 0 bridgehead atoms. The molecule has 2 aromatic heterocycles. The maximum atomic E-state index is 6.06. The Labute approximate surface area is 130 Å². The van der Waals surface area contributed by atoms with Crippen LogP contribution in [0.3, 0.4) is 0 Å². The molecule has 1 atom stereocenters. The van der Waals surface area contributed by atoms with Gasteiger partial charge in [0.25, 0.3) is 0 Å². The molecule has 7 heteroatoms. The third-order valence-electron chi connectivity index (χ3n) is 3.57. The van der Waals surface area contributed by atoms with Gasteiger partial charge in [0.05, 0.1) is 12.9 Å². The van der Waals surface area contributed by atoms with Gasteiger partial charge in [0.1, 0.15) is 5.52 Å². The Morgan fingerprint density at radius 1 is 1.19 bits per heavy atom. The predicted octanol–water partition coefficient (Wildman–Crippen LogP) is 3.25. The van der Waals surface area contributed by atoms with Crippen molar-refractivity contribution in [2.24, 2.45) is 0 Å². The van der Waals surface area contributed by atoms with Crippen molar-refractivity contribution in [1.29, 1.82) is 0 Å².